The molecule has 1 aromatic carbocycles. The van der Waals surface area contributed by atoms with Gasteiger partial charge >= 0.3 is 0 Å². The number of amides is 1. The van der Waals surface area contributed by atoms with Gasteiger partial charge in [-0.1, -0.05) is 0 Å². The van der Waals surface area contributed by atoms with E-state index in [2.05, 4.69) is 10.3 Å². The maximum atomic E-state index is 12.3. The molecule has 0 atom stereocenters. The molecule has 2 aromatic heterocycles. The monoisotopic (exact) mass is 359 g/mol. The Kier molecular flexibility index (Phi) is 4.19. The molecule has 0 aliphatic rings. The van der Waals surface area contributed by atoms with Crippen LogP contribution in [0.25, 0.3) is 10.9 Å². The van der Waals surface area contributed by atoms with Crippen molar-refractivity contribution in [3.8, 4) is 0 Å². The molecule has 25 heavy (non-hydrogen) atoms. The Balaban J connectivity index is 2.02. The molecule has 0 spiro atoms. The van der Waals surface area contributed by atoms with Gasteiger partial charge in [0, 0.05) is 41.1 Å². The number of nitrogens with zero attached hydrogens (tertiary/aromatic N) is 2. The van der Waals surface area contributed by atoms with Crippen LogP contribution in [0.4, 0.5) is 11.5 Å². The molecule has 2 heterocycles. The zero-order chi connectivity index (χ0) is 18.2. The van der Waals surface area contributed by atoms with E-state index in [9.17, 15) is 13.2 Å². The molecule has 0 saturated carbocycles. The van der Waals surface area contributed by atoms with Crippen molar-refractivity contribution in [1.82, 2.24) is 9.55 Å². The van der Waals surface area contributed by atoms with Crippen LogP contribution in [0.2, 0.25) is 0 Å². The SMILES string of the molecule is CCn1cc(S(N)(=O)=O)c2cc(NC(=O)c3ccnc(N)c3)ccc21. The van der Waals surface area contributed by atoms with Crippen LogP contribution >= 0.6 is 0 Å². The fourth-order valence-electron chi connectivity index (χ4n) is 2.62. The van der Waals surface area contributed by atoms with Crippen LogP contribution in [0, 0.1) is 0 Å². The molecule has 0 aliphatic heterocycles. The quantitative estimate of drug-likeness (QED) is 0.650. The summed E-state index contributed by atoms with van der Waals surface area (Å²) >= 11 is 0. The number of hydrogen-bond acceptors (Lipinski definition) is 5. The number of fused-ring (bicyclic) bond motifs is 1. The van der Waals surface area contributed by atoms with Crippen LogP contribution in [0.1, 0.15) is 17.3 Å². The Morgan fingerprint density at radius 2 is 2.04 bits per heavy atom. The topological polar surface area (TPSA) is 133 Å². The summed E-state index contributed by atoms with van der Waals surface area (Å²) in [7, 11) is -3.88. The fourth-order valence-corrected chi connectivity index (χ4v) is 3.37. The number of nitrogens with one attached hydrogen (secondary N) is 1. The summed E-state index contributed by atoms with van der Waals surface area (Å²) in [4.78, 5) is 16.2. The number of benzene rings is 1. The third kappa shape index (κ3) is 3.32. The largest absolute Gasteiger partial charge is 0.384 e. The number of primary sulfonamides is 1. The lowest BCUT2D eigenvalue weighted by atomic mass is 10.2. The summed E-state index contributed by atoms with van der Waals surface area (Å²) in [6.45, 7) is 2.49. The van der Waals surface area contributed by atoms with E-state index in [1.807, 2.05) is 6.92 Å². The van der Waals surface area contributed by atoms with Gasteiger partial charge in [-0.15, -0.1) is 0 Å². The van der Waals surface area contributed by atoms with E-state index in [0.29, 0.717) is 23.2 Å². The lowest BCUT2D eigenvalue weighted by Gasteiger charge is -2.07. The van der Waals surface area contributed by atoms with Gasteiger partial charge in [0.1, 0.15) is 10.7 Å². The molecule has 5 N–H and O–H groups in total. The third-order valence-corrected chi connectivity index (χ3v) is 4.73. The first kappa shape index (κ1) is 16.9. The summed E-state index contributed by atoms with van der Waals surface area (Å²) < 4.78 is 25.4. The predicted octanol–water partition coefficient (Wildman–Crippen LogP) is 1.54. The van der Waals surface area contributed by atoms with Crippen molar-refractivity contribution in [2.24, 2.45) is 5.14 Å². The van der Waals surface area contributed by atoms with Gasteiger partial charge in [0.2, 0.25) is 10.0 Å². The second-order valence-electron chi connectivity index (χ2n) is 5.48. The number of sulfonamides is 1. The highest BCUT2D eigenvalue weighted by Crippen LogP contribution is 2.28. The molecular formula is C16H17N5O3S. The van der Waals surface area contributed by atoms with Crippen LogP contribution in [0.5, 0.6) is 0 Å². The van der Waals surface area contributed by atoms with Crippen molar-refractivity contribution in [1.29, 1.82) is 0 Å². The maximum absolute atomic E-state index is 12.3. The van der Waals surface area contributed by atoms with Crippen LogP contribution in [-0.4, -0.2) is 23.9 Å². The zero-order valence-electron chi connectivity index (χ0n) is 13.4. The third-order valence-electron chi connectivity index (χ3n) is 3.79. The normalized spacial score (nSPS) is 11.6. The number of pyridine rings is 1. The molecular weight excluding hydrogens is 342 g/mol. The molecule has 9 heteroatoms. The Labute approximate surface area is 144 Å². The number of carbonyl (C=O) groups is 1. The first-order chi connectivity index (χ1) is 11.8. The fraction of sp³-hybridized carbons (Fsp3) is 0.125. The number of nitrogen functional groups attached to an aromatic ring is 1. The molecule has 0 unspecified atom stereocenters. The second-order valence-corrected chi connectivity index (χ2v) is 7.01. The molecule has 3 rings (SSSR count). The van der Waals surface area contributed by atoms with Gasteiger partial charge < -0.3 is 15.6 Å². The predicted molar refractivity (Wildman–Crippen MR) is 95.6 cm³/mol. The number of anilines is 2. The second kappa shape index (κ2) is 6.19. The van der Waals surface area contributed by atoms with Gasteiger partial charge in [0.15, 0.2) is 0 Å². The van der Waals surface area contributed by atoms with E-state index in [1.165, 1.54) is 24.5 Å². The van der Waals surface area contributed by atoms with E-state index in [0.717, 1.165) is 5.52 Å². The minimum atomic E-state index is -3.88. The van der Waals surface area contributed by atoms with Gasteiger partial charge in [-0.05, 0) is 37.3 Å². The molecule has 130 valence electrons. The van der Waals surface area contributed by atoms with Crippen molar-refractivity contribution in [2.75, 3.05) is 11.1 Å². The average Bonchev–Trinajstić information content (AvgIpc) is 2.93. The molecule has 0 radical (unpaired) electrons. The molecule has 0 bridgehead atoms. The number of rotatable bonds is 4. The summed E-state index contributed by atoms with van der Waals surface area (Å²) in [6.07, 6.45) is 2.93. The number of nitrogens with two attached hydrogens (primary N) is 2. The van der Waals surface area contributed by atoms with Gasteiger partial charge in [-0.25, -0.2) is 18.5 Å². The van der Waals surface area contributed by atoms with Gasteiger partial charge in [-0.3, -0.25) is 4.79 Å². The lowest BCUT2D eigenvalue weighted by molar-refractivity contribution is 0.102. The standard InChI is InChI=1S/C16H17N5O3S/c1-2-21-9-14(25(18,23)24)12-8-11(3-4-13(12)21)20-16(22)10-5-6-19-15(17)7-10/h3-9H,2H2,1H3,(H2,17,19)(H,20,22)(H2,18,23,24). The average molecular weight is 359 g/mol. The Morgan fingerprint density at radius 1 is 1.28 bits per heavy atom. The minimum Gasteiger partial charge on any atom is -0.384 e. The van der Waals surface area contributed by atoms with Crippen LogP contribution in [0.15, 0.2) is 47.6 Å². The highest BCUT2D eigenvalue weighted by molar-refractivity contribution is 7.89. The summed E-state index contributed by atoms with van der Waals surface area (Å²) in [5.74, 6) is -0.139. The van der Waals surface area contributed by atoms with Crippen LogP contribution in [-0.2, 0) is 16.6 Å². The van der Waals surface area contributed by atoms with E-state index in [4.69, 9.17) is 10.9 Å². The van der Waals surface area contributed by atoms with Crippen molar-refractivity contribution < 1.29 is 13.2 Å². The molecule has 8 nitrogen and oxygen atoms in total. The Hall–Kier alpha value is -2.91. The smallest absolute Gasteiger partial charge is 0.255 e. The molecule has 0 fully saturated rings. The van der Waals surface area contributed by atoms with Crippen molar-refractivity contribution in [3.05, 3.63) is 48.3 Å². The number of carbonyl (C=O) groups excluding carboxylic acids is 1. The lowest BCUT2D eigenvalue weighted by Crippen LogP contribution is -2.13. The van der Waals surface area contributed by atoms with Gasteiger partial charge in [0.05, 0.1) is 0 Å². The van der Waals surface area contributed by atoms with Crippen molar-refractivity contribution in [2.45, 2.75) is 18.4 Å². The van der Waals surface area contributed by atoms with Crippen LogP contribution in [0.3, 0.4) is 0 Å². The Morgan fingerprint density at radius 3 is 2.68 bits per heavy atom. The highest BCUT2D eigenvalue weighted by atomic mass is 32.2. The van der Waals surface area contributed by atoms with Crippen molar-refractivity contribution in [3.63, 3.8) is 0 Å². The first-order valence-electron chi connectivity index (χ1n) is 7.48. The zero-order valence-corrected chi connectivity index (χ0v) is 14.2. The summed E-state index contributed by atoms with van der Waals surface area (Å²) in [6, 6.07) is 8.02. The molecule has 1 amide bonds. The number of aromatic nitrogens is 2. The molecule has 0 saturated heterocycles. The summed E-state index contributed by atoms with van der Waals surface area (Å²) in [5, 5.41) is 8.47. The molecule has 3 aromatic rings. The van der Waals surface area contributed by atoms with Gasteiger partial charge in [0.25, 0.3) is 5.91 Å². The first-order valence-corrected chi connectivity index (χ1v) is 9.03. The van der Waals surface area contributed by atoms with Gasteiger partial charge in [-0.2, -0.15) is 0 Å². The van der Waals surface area contributed by atoms with E-state index in [1.54, 1.807) is 22.8 Å². The van der Waals surface area contributed by atoms with Crippen LogP contribution < -0.4 is 16.2 Å². The van der Waals surface area contributed by atoms with E-state index >= 15 is 0 Å². The highest BCUT2D eigenvalue weighted by Gasteiger charge is 2.18. The van der Waals surface area contributed by atoms with E-state index < -0.39 is 10.0 Å². The Bertz CT molecular complexity index is 1070. The molecule has 0 aliphatic carbocycles. The summed E-state index contributed by atoms with van der Waals surface area (Å²) in [5.41, 5.74) is 7.10. The number of aryl methyl sites for hydroxylation is 1. The maximum Gasteiger partial charge on any atom is 0.255 e. The van der Waals surface area contributed by atoms with Crippen molar-refractivity contribution >= 4 is 38.3 Å². The minimum absolute atomic E-state index is 0.0219. The number of hydrogen-bond donors (Lipinski definition) is 3. The van der Waals surface area contributed by atoms with E-state index in [-0.39, 0.29) is 16.6 Å².